The lowest BCUT2D eigenvalue weighted by atomic mass is 9.79. The van der Waals surface area contributed by atoms with E-state index in [0.717, 1.165) is 32.1 Å². The molecule has 0 bridgehead atoms. The molecule has 1 aromatic heterocycles. The largest absolute Gasteiger partial charge is 0.387 e. The van der Waals surface area contributed by atoms with Crippen molar-refractivity contribution in [3.05, 3.63) is 22.4 Å². The Hall–Kier alpha value is -0.380. The molecule has 0 saturated heterocycles. The van der Waals surface area contributed by atoms with Gasteiger partial charge in [-0.2, -0.15) is 0 Å². The normalized spacial score (nSPS) is 30.5. The van der Waals surface area contributed by atoms with Crippen LogP contribution in [0.25, 0.3) is 0 Å². The average molecular weight is 240 g/mol. The van der Waals surface area contributed by atoms with E-state index in [-0.39, 0.29) is 6.10 Å². The summed E-state index contributed by atoms with van der Waals surface area (Å²) in [5.41, 5.74) is -0.600. The van der Waals surface area contributed by atoms with Crippen LogP contribution in [0.1, 0.15) is 37.0 Å². The molecule has 2 atom stereocenters. The molecule has 3 heteroatoms. The van der Waals surface area contributed by atoms with E-state index >= 15 is 0 Å². The van der Waals surface area contributed by atoms with Crippen molar-refractivity contribution >= 4 is 11.3 Å². The minimum Gasteiger partial charge on any atom is -0.387 e. The second-order valence-corrected chi connectivity index (χ2v) is 5.69. The van der Waals surface area contributed by atoms with Crippen molar-refractivity contribution in [1.82, 2.24) is 0 Å². The van der Waals surface area contributed by atoms with Crippen molar-refractivity contribution in [1.29, 1.82) is 0 Å². The second kappa shape index (κ2) is 5.30. The van der Waals surface area contributed by atoms with Gasteiger partial charge >= 0.3 is 0 Å². The molecule has 2 unspecified atom stereocenters. The smallest absolute Gasteiger partial charge is 0.0911 e. The Morgan fingerprint density at radius 1 is 1.56 bits per heavy atom. The summed E-state index contributed by atoms with van der Waals surface area (Å²) in [6.07, 6.45) is 6.01. The number of hydrogen-bond donors (Lipinski definition) is 1. The van der Waals surface area contributed by atoms with Gasteiger partial charge in [0.2, 0.25) is 0 Å². The summed E-state index contributed by atoms with van der Waals surface area (Å²) in [7, 11) is 1.71. The van der Waals surface area contributed by atoms with Crippen LogP contribution in [-0.2, 0) is 11.2 Å². The molecule has 1 aliphatic rings. The summed E-state index contributed by atoms with van der Waals surface area (Å²) >= 11 is 1.77. The molecule has 0 spiro atoms. The van der Waals surface area contributed by atoms with Gasteiger partial charge in [0.05, 0.1) is 11.7 Å². The molecule has 1 saturated carbocycles. The van der Waals surface area contributed by atoms with Crippen molar-refractivity contribution in [3.63, 3.8) is 0 Å². The molecule has 1 heterocycles. The SMILES string of the molecule is COC1CCCCC1(O)CCc1cccs1. The lowest BCUT2D eigenvalue weighted by molar-refractivity contribution is -0.120. The van der Waals surface area contributed by atoms with Crippen molar-refractivity contribution in [2.45, 2.75) is 50.2 Å². The van der Waals surface area contributed by atoms with Gasteiger partial charge in [-0.25, -0.2) is 0 Å². The summed E-state index contributed by atoms with van der Waals surface area (Å²) in [4.78, 5) is 1.36. The molecule has 1 N–H and O–H groups in total. The average Bonchev–Trinajstić information content (AvgIpc) is 2.80. The molecular formula is C13H20O2S. The minimum atomic E-state index is -0.600. The Kier molecular flexibility index (Phi) is 4.00. The lowest BCUT2D eigenvalue weighted by Gasteiger charge is -2.39. The van der Waals surface area contributed by atoms with E-state index in [1.165, 1.54) is 11.3 Å². The highest BCUT2D eigenvalue weighted by Gasteiger charge is 2.38. The van der Waals surface area contributed by atoms with Gasteiger partial charge in [0.1, 0.15) is 0 Å². The van der Waals surface area contributed by atoms with Crippen LogP contribution >= 0.6 is 11.3 Å². The van der Waals surface area contributed by atoms with Crippen LogP contribution in [0.3, 0.4) is 0 Å². The van der Waals surface area contributed by atoms with Gasteiger partial charge in [-0.15, -0.1) is 11.3 Å². The molecular weight excluding hydrogens is 220 g/mol. The third-order valence-electron chi connectivity index (χ3n) is 3.59. The molecule has 1 aliphatic carbocycles. The third-order valence-corrected chi connectivity index (χ3v) is 4.53. The van der Waals surface area contributed by atoms with Gasteiger partial charge in [0.15, 0.2) is 0 Å². The van der Waals surface area contributed by atoms with E-state index < -0.39 is 5.60 Å². The first-order valence-electron chi connectivity index (χ1n) is 6.02. The van der Waals surface area contributed by atoms with Gasteiger partial charge in [-0.05, 0) is 37.1 Å². The minimum absolute atomic E-state index is 0.0289. The quantitative estimate of drug-likeness (QED) is 0.876. The van der Waals surface area contributed by atoms with E-state index in [1.54, 1.807) is 18.4 Å². The zero-order chi connectivity index (χ0) is 11.4. The van der Waals surface area contributed by atoms with Gasteiger partial charge in [0.25, 0.3) is 0 Å². The van der Waals surface area contributed by atoms with Crippen LogP contribution in [0.4, 0.5) is 0 Å². The van der Waals surface area contributed by atoms with Crippen LogP contribution in [0, 0.1) is 0 Å². The van der Waals surface area contributed by atoms with Gasteiger partial charge in [-0.1, -0.05) is 18.9 Å². The maximum Gasteiger partial charge on any atom is 0.0911 e. The number of aryl methyl sites for hydroxylation is 1. The second-order valence-electron chi connectivity index (χ2n) is 4.65. The van der Waals surface area contributed by atoms with Crippen molar-refractivity contribution in [3.8, 4) is 0 Å². The summed E-state index contributed by atoms with van der Waals surface area (Å²) in [6.45, 7) is 0. The first kappa shape index (κ1) is 12.1. The standard InChI is InChI=1S/C13H20O2S/c1-15-12-6-2-3-8-13(12,14)9-7-11-5-4-10-16-11/h4-5,10,12,14H,2-3,6-9H2,1H3. The topological polar surface area (TPSA) is 29.5 Å². The zero-order valence-corrected chi connectivity index (χ0v) is 10.6. The summed E-state index contributed by atoms with van der Waals surface area (Å²) in [6, 6.07) is 4.21. The molecule has 2 nitrogen and oxygen atoms in total. The summed E-state index contributed by atoms with van der Waals surface area (Å²) in [5.74, 6) is 0. The van der Waals surface area contributed by atoms with E-state index in [4.69, 9.17) is 4.74 Å². The highest BCUT2D eigenvalue weighted by Crippen LogP contribution is 2.34. The molecule has 90 valence electrons. The fourth-order valence-electron chi connectivity index (χ4n) is 2.61. The molecule has 1 aromatic rings. The van der Waals surface area contributed by atoms with E-state index in [9.17, 15) is 5.11 Å². The fraction of sp³-hybridized carbons (Fsp3) is 0.692. The van der Waals surface area contributed by atoms with E-state index in [0.29, 0.717) is 0 Å². The lowest BCUT2D eigenvalue weighted by Crippen LogP contribution is -2.46. The third kappa shape index (κ3) is 2.65. The first-order chi connectivity index (χ1) is 7.74. The maximum absolute atomic E-state index is 10.6. The van der Waals surface area contributed by atoms with E-state index in [2.05, 4.69) is 17.5 Å². The molecule has 2 rings (SSSR count). The monoisotopic (exact) mass is 240 g/mol. The number of hydrogen-bond acceptors (Lipinski definition) is 3. The molecule has 0 amide bonds. The fourth-order valence-corrected chi connectivity index (χ4v) is 3.32. The summed E-state index contributed by atoms with van der Waals surface area (Å²) < 4.78 is 5.43. The van der Waals surface area contributed by atoms with Crippen molar-refractivity contribution in [2.75, 3.05) is 7.11 Å². The van der Waals surface area contributed by atoms with Crippen LogP contribution in [0.5, 0.6) is 0 Å². The first-order valence-corrected chi connectivity index (χ1v) is 6.90. The number of ether oxygens (including phenoxy) is 1. The number of thiophene rings is 1. The molecule has 0 aliphatic heterocycles. The zero-order valence-electron chi connectivity index (χ0n) is 9.82. The Morgan fingerprint density at radius 2 is 2.44 bits per heavy atom. The Morgan fingerprint density at radius 3 is 3.12 bits per heavy atom. The molecule has 1 fully saturated rings. The van der Waals surface area contributed by atoms with Crippen LogP contribution in [-0.4, -0.2) is 23.9 Å². The predicted molar refractivity (Wildman–Crippen MR) is 66.9 cm³/mol. The molecule has 0 aromatic carbocycles. The molecule has 16 heavy (non-hydrogen) atoms. The Labute approximate surface area is 101 Å². The van der Waals surface area contributed by atoms with Crippen LogP contribution < -0.4 is 0 Å². The van der Waals surface area contributed by atoms with Gasteiger partial charge in [-0.3, -0.25) is 0 Å². The van der Waals surface area contributed by atoms with Gasteiger partial charge < -0.3 is 9.84 Å². The van der Waals surface area contributed by atoms with Crippen LogP contribution in [0.2, 0.25) is 0 Å². The molecule has 0 radical (unpaired) electrons. The van der Waals surface area contributed by atoms with E-state index in [1.807, 2.05) is 0 Å². The highest BCUT2D eigenvalue weighted by atomic mass is 32.1. The van der Waals surface area contributed by atoms with Gasteiger partial charge in [0, 0.05) is 12.0 Å². The van der Waals surface area contributed by atoms with Crippen molar-refractivity contribution < 1.29 is 9.84 Å². The number of rotatable bonds is 4. The van der Waals surface area contributed by atoms with Crippen LogP contribution in [0.15, 0.2) is 17.5 Å². The number of aliphatic hydroxyl groups is 1. The Bertz CT molecular complexity index is 310. The number of methoxy groups -OCH3 is 1. The highest BCUT2D eigenvalue weighted by molar-refractivity contribution is 7.09. The summed E-state index contributed by atoms with van der Waals surface area (Å²) in [5, 5.41) is 12.7. The Balaban J connectivity index is 1.94. The van der Waals surface area contributed by atoms with Crippen molar-refractivity contribution in [2.24, 2.45) is 0 Å². The predicted octanol–water partition coefficient (Wildman–Crippen LogP) is 3.00. The maximum atomic E-state index is 10.6.